The van der Waals surface area contributed by atoms with Crippen LogP contribution in [0.25, 0.3) is 0 Å². The number of benzene rings is 2. The first-order valence-electron chi connectivity index (χ1n) is 9.71. The molecule has 0 atom stereocenters. The fraction of sp³-hybridized carbons (Fsp3) is 0.0870. The predicted molar refractivity (Wildman–Crippen MR) is 134 cm³/mol. The molecule has 0 aliphatic rings. The number of carbonyl (C=O) groups excluding carboxylic acids is 1. The highest BCUT2D eigenvalue weighted by Gasteiger charge is 2.37. The Hall–Kier alpha value is -2.09. The highest BCUT2D eigenvalue weighted by Crippen LogP contribution is 2.42. The molecule has 0 saturated carbocycles. The van der Waals surface area contributed by atoms with E-state index in [9.17, 15) is 18.0 Å². The molecule has 2 heterocycles. The number of carbonyl (C=O) groups is 1. The zero-order valence-electron chi connectivity index (χ0n) is 17.9. The van der Waals surface area contributed by atoms with Gasteiger partial charge in [0.25, 0.3) is 0 Å². The Kier molecular flexibility index (Phi) is 9.24. The van der Waals surface area contributed by atoms with E-state index < -0.39 is 15.6 Å². The van der Waals surface area contributed by atoms with Crippen LogP contribution in [0.4, 0.5) is 13.2 Å². The van der Waals surface area contributed by atoms with Gasteiger partial charge in [0.05, 0.1) is 13.3 Å². The SMILES string of the molecule is CC(=O)c1ccc(Sc2ccc([S+](c3ccccc3)c3ccccc3)s2)s1.O=S(=O)([O-])C(F)(F)F. The van der Waals surface area contributed by atoms with Gasteiger partial charge in [-0.1, -0.05) is 59.5 Å². The minimum absolute atomic E-state index is 0.0994. The molecule has 12 heteroatoms. The van der Waals surface area contributed by atoms with Crippen molar-refractivity contribution in [3.63, 3.8) is 0 Å². The Bertz CT molecular complexity index is 1330. The molecule has 0 saturated heterocycles. The first kappa shape index (κ1) is 27.5. The van der Waals surface area contributed by atoms with Crippen molar-refractivity contribution in [2.75, 3.05) is 0 Å². The van der Waals surface area contributed by atoms with Crippen LogP contribution >= 0.6 is 34.4 Å². The molecule has 2 aromatic carbocycles. The quantitative estimate of drug-likeness (QED) is 0.104. The molecule has 0 N–H and O–H groups in total. The maximum atomic E-state index is 11.5. The lowest BCUT2D eigenvalue weighted by molar-refractivity contribution is -0.0517. The average molecular weight is 575 g/mol. The summed E-state index contributed by atoms with van der Waals surface area (Å²) in [6.45, 7) is 1.62. The van der Waals surface area contributed by atoms with Crippen molar-refractivity contribution in [3.05, 3.63) is 89.8 Å². The van der Waals surface area contributed by atoms with E-state index in [0.717, 1.165) is 9.09 Å². The van der Waals surface area contributed by atoms with Gasteiger partial charge in [0, 0.05) is 6.07 Å². The molecule has 4 aromatic rings. The van der Waals surface area contributed by atoms with Gasteiger partial charge in [0.2, 0.25) is 4.21 Å². The van der Waals surface area contributed by atoms with E-state index in [1.54, 1.807) is 30.0 Å². The smallest absolute Gasteiger partial charge is 0.485 e. The van der Waals surface area contributed by atoms with Crippen molar-refractivity contribution in [2.45, 2.75) is 34.9 Å². The van der Waals surface area contributed by atoms with E-state index in [1.165, 1.54) is 18.2 Å². The van der Waals surface area contributed by atoms with Crippen LogP contribution in [-0.4, -0.2) is 24.3 Å². The molecule has 0 unspecified atom stereocenters. The second-order valence-electron chi connectivity index (χ2n) is 6.68. The summed E-state index contributed by atoms with van der Waals surface area (Å²) < 4.78 is 62.7. The molecule has 0 aliphatic heterocycles. The van der Waals surface area contributed by atoms with Crippen LogP contribution in [0.1, 0.15) is 16.6 Å². The van der Waals surface area contributed by atoms with Crippen molar-refractivity contribution < 1.29 is 30.9 Å². The molecule has 0 radical (unpaired) electrons. The summed E-state index contributed by atoms with van der Waals surface area (Å²) >= 11 is 5.15. The maximum absolute atomic E-state index is 11.5. The molecule has 0 fully saturated rings. The molecule has 4 nitrogen and oxygen atoms in total. The van der Waals surface area contributed by atoms with Gasteiger partial charge in [-0.25, -0.2) is 8.42 Å². The number of hydrogen-bond acceptors (Lipinski definition) is 7. The Labute approximate surface area is 215 Å². The predicted octanol–water partition coefficient (Wildman–Crippen LogP) is 7.31. The zero-order valence-corrected chi connectivity index (χ0v) is 22.0. The molecule has 0 spiro atoms. The molecular formula is C23H17F3O4S5. The number of hydrogen-bond donors (Lipinski definition) is 0. The largest absolute Gasteiger partial charge is 0.741 e. The van der Waals surface area contributed by atoms with E-state index in [1.807, 2.05) is 23.5 Å². The molecule has 35 heavy (non-hydrogen) atoms. The average Bonchev–Trinajstić information content (AvgIpc) is 3.45. The zero-order chi connectivity index (χ0) is 25.6. The number of Topliss-reactive ketones (excluding diaryl/α,β-unsaturated/α-hetero) is 1. The van der Waals surface area contributed by atoms with Gasteiger partial charge in [-0.2, -0.15) is 13.2 Å². The number of ketones is 1. The molecule has 2 aromatic heterocycles. The van der Waals surface area contributed by atoms with Gasteiger partial charge in [-0.15, -0.1) is 11.3 Å². The van der Waals surface area contributed by atoms with E-state index in [2.05, 4.69) is 72.8 Å². The topological polar surface area (TPSA) is 74.3 Å². The van der Waals surface area contributed by atoms with Crippen LogP contribution in [0.2, 0.25) is 0 Å². The maximum Gasteiger partial charge on any atom is 0.485 e. The lowest BCUT2D eigenvalue weighted by Crippen LogP contribution is -2.21. The Morgan fingerprint density at radius 1 is 0.829 bits per heavy atom. The van der Waals surface area contributed by atoms with Crippen LogP contribution < -0.4 is 0 Å². The fourth-order valence-corrected chi connectivity index (χ4v) is 8.89. The standard InChI is InChI=1S/C22H17OS4.CHF3O3S/c1-16(23)19-12-13-20(24-19)25-21-14-15-22(26-21)27(17-8-4-2-5-9-17)18-10-6-3-7-11-18;2-1(3,4)8(5,6)7/h2-15H,1H3;(H,5,6,7)/q+1;/p-1. The highest BCUT2D eigenvalue weighted by molar-refractivity contribution is 8.04. The summed E-state index contributed by atoms with van der Waals surface area (Å²) in [4.78, 5) is 15.0. The van der Waals surface area contributed by atoms with Gasteiger partial charge in [-0.3, -0.25) is 4.79 Å². The van der Waals surface area contributed by atoms with E-state index >= 15 is 0 Å². The third-order valence-electron chi connectivity index (χ3n) is 4.13. The third kappa shape index (κ3) is 7.69. The van der Waals surface area contributed by atoms with E-state index in [4.69, 9.17) is 13.0 Å². The first-order chi connectivity index (χ1) is 16.5. The molecule has 184 valence electrons. The van der Waals surface area contributed by atoms with Crippen LogP contribution in [0, 0.1) is 0 Å². The number of alkyl halides is 3. The van der Waals surface area contributed by atoms with Crippen LogP contribution in [0.15, 0.2) is 107 Å². The lowest BCUT2D eigenvalue weighted by Gasteiger charge is -2.08. The van der Waals surface area contributed by atoms with Gasteiger partial charge in [-0.05, 0) is 49.4 Å². The summed E-state index contributed by atoms with van der Waals surface area (Å²) in [7, 11) is -6.19. The molecular weight excluding hydrogens is 558 g/mol. The number of halogens is 3. The van der Waals surface area contributed by atoms with Crippen molar-refractivity contribution in [3.8, 4) is 0 Å². The van der Waals surface area contributed by atoms with Crippen molar-refractivity contribution >= 4 is 61.2 Å². The van der Waals surface area contributed by atoms with Gasteiger partial charge in [0.1, 0.15) is 10.9 Å². The summed E-state index contributed by atoms with van der Waals surface area (Å²) in [5, 5.41) is 0. The second kappa shape index (κ2) is 11.8. The summed E-state index contributed by atoms with van der Waals surface area (Å²) in [6.07, 6.45) is 0. The Morgan fingerprint density at radius 2 is 1.29 bits per heavy atom. The Balaban J connectivity index is 0.000000371. The summed E-state index contributed by atoms with van der Waals surface area (Å²) in [5.74, 6) is 0.133. The first-order valence-corrected chi connectivity index (χ1v) is 14.8. The van der Waals surface area contributed by atoms with Gasteiger partial charge >= 0.3 is 5.51 Å². The van der Waals surface area contributed by atoms with E-state index in [0.29, 0.717) is 0 Å². The summed E-state index contributed by atoms with van der Waals surface area (Å²) in [6, 6.07) is 29.8. The molecule has 4 rings (SSSR count). The lowest BCUT2D eigenvalue weighted by atomic mass is 10.4. The number of thiophene rings is 2. The van der Waals surface area contributed by atoms with Crippen LogP contribution in [0.5, 0.6) is 0 Å². The molecule has 0 aliphatic carbocycles. The minimum Gasteiger partial charge on any atom is -0.741 e. The highest BCUT2D eigenvalue weighted by atomic mass is 32.2. The fourth-order valence-electron chi connectivity index (χ4n) is 2.61. The minimum atomic E-state index is -6.09. The third-order valence-corrected chi connectivity index (χ3v) is 10.8. The van der Waals surface area contributed by atoms with Crippen molar-refractivity contribution in [1.82, 2.24) is 0 Å². The normalized spacial score (nSPS) is 11.7. The monoisotopic (exact) mass is 574 g/mol. The molecule has 0 amide bonds. The summed E-state index contributed by atoms with van der Waals surface area (Å²) in [5.41, 5.74) is -5.65. The van der Waals surface area contributed by atoms with Crippen molar-refractivity contribution in [1.29, 1.82) is 0 Å². The van der Waals surface area contributed by atoms with Gasteiger partial charge < -0.3 is 4.55 Å². The van der Waals surface area contributed by atoms with Crippen LogP contribution in [0.3, 0.4) is 0 Å². The number of rotatable bonds is 6. The van der Waals surface area contributed by atoms with Crippen LogP contribution in [-0.2, 0) is 21.0 Å². The van der Waals surface area contributed by atoms with Gasteiger partial charge in [0.15, 0.2) is 25.7 Å². The van der Waals surface area contributed by atoms with Crippen molar-refractivity contribution in [2.24, 2.45) is 0 Å². The van der Waals surface area contributed by atoms with E-state index in [-0.39, 0.29) is 16.7 Å². The molecule has 0 bridgehead atoms. The Morgan fingerprint density at radius 3 is 1.71 bits per heavy atom. The second-order valence-corrected chi connectivity index (χ2v) is 14.1.